The van der Waals surface area contributed by atoms with Crippen LogP contribution in [0.4, 0.5) is 0 Å². The molecule has 0 spiro atoms. The third-order valence-electron chi connectivity index (χ3n) is 4.12. The van der Waals surface area contributed by atoms with Crippen LogP contribution in [0, 0.1) is 0 Å². The van der Waals surface area contributed by atoms with E-state index < -0.39 is 0 Å². The maximum atomic E-state index is 6.21. The van der Waals surface area contributed by atoms with Crippen molar-refractivity contribution in [1.29, 1.82) is 0 Å². The van der Waals surface area contributed by atoms with Gasteiger partial charge in [0.1, 0.15) is 5.75 Å². The number of hydrogen-bond acceptors (Lipinski definition) is 4. The van der Waals surface area contributed by atoms with Gasteiger partial charge in [0.2, 0.25) is 5.89 Å². The van der Waals surface area contributed by atoms with Gasteiger partial charge in [0.05, 0.1) is 12.5 Å². The predicted molar refractivity (Wildman–Crippen MR) is 69.7 cm³/mol. The third-order valence-corrected chi connectivity index (χ3v) is 4.12. The number of oxazole rings is 1. The van der Waals surface area contributed by atoms with Gasteiger partial charge in [0.25, 0.3) is 0 Å². The summed E-state index contributed by atoms with van der Waals surface area (Å²) in [6.07, 6.45) is 3.20. The summed E-state index contributed by atoms with van der Waals surface area (Å²) in [5.41, 5.74) is 7.61. The molecule has 1 aliphatic rings. The van der Waals surface area contributed by atoms with Gasteiger partial charge in [0, 0.05) is 6.04 Å². The smallest absolute Gasteiger partial charge is 0.203 e. The van der Waals surface area contributed by atoms with E-state index in [1.165, 1.54) is 0 Å². The van der Waals surface area contributed by atoms with Crippen LogP contribution in [0.2, 0.25) is 0 Å². The quantitative estimate of drug-likeness (QED) is 0.884. The molecule has 2 unspecified atom stereocenters. The zero-order chi connectivity index (χ0) is 12.8. The molecule has 4 heteroatoms. The topological polar surface area (TPSA) is 61.3 Å². The van der Waals surface area contributed by atoms with Gasteiger partial charge < -0.3 is 14.9 Å². The van der Waals surface area contributed by atoms with Crippen LogP contribution in [0.5, 0.6) is 5.75 Å². The van der Waals surface area contributed by atoms with Gasteiger partial charge in [-0.05, 0) is 31.9 Å². The van der Waals surface area contributed by atoms with Gasteiger partial charge >= 0.3 is 0 Å². The summed E-state index contributed by atoms with van der Waals surface area (Å²) in [5.74, 6) is 1.49. The number of benzene rings is 1. The first-order chi connectivity index (χ1) is 8.65. The van der Waals surface area contributed by atoms with Crippen molar-refractivity contribution in [1.82, 2.24) is 4.98 Å². The Bertz CT molecular complexity index is 578. The Morgan fingerprint density at radius 3 is 3.00 bits per heavy atom. The van der Waals surface area contributed by atoms with E-state index in [1.807, 2.05) is 18.2 Å². The molecule has 0 bridgehead atoms. The molecule has 1 aliphatic carbocycles. The first-order valence-electron chi connectivity index (χ1n) is 6.35. The Hall–Kier alpha value is -1.55. The fourth-order valence-electron chi connectivity index (χ4n) is 2.79. The summed E-state index contributed by atoms with van der Waals surface area (Å²) in [5, 5.41) is 0. The standard InChI is InChI=1S/C14H18N2O2/c1-14(8-4-7-11(14)15)13-16-12-9(17-2)5-3-6-10(12)18-13/h3,5-6,11H,4,7-8,15H2,1-2H3. The molecule has 1 heterocycles. The van der Waals surface area contributed by atoms with Gasteiger partial charge in [-0.25, -0.2) is 4.98 Å². The number of ether oxygens (including phenoxy) is 1. The van der Waals surface area contributed by atoms with Crippen LogP contribution in [0.15, 0.2) is 22.6 Å². The minimum Gasteiger partial charge on any atom is -0.494 e. The molecular formula is C14H18N2O2. The first-order valence-corrected chi connectivity index (χ1v) is 6.35. The van der Waals surface area contributed by atoms with Crippen LogP contribution in [0.1, 0.15) is 32.1 Å². The molecule has 0 amide bonds. The van der Waals surface area contributed by atoms with Gasteiger partial charge in [-0.3, -0.25) is 0 Å². The molecule has 2 N–H and O–H groups in total. The van der Waals surface area contributed by atoms with E-state index in [-0.39, 0.29) is 11.5 Å². The molecule has 1 saturated carbocycles. The van der Waals surface area contributed by atoms with Crippen molar-refractivity contribution in [2.24, 2.45) is 5.73 Å². The summed E-state index contributed by atoms with van der Waals surface area (Å²) in [4.78, 5) is 4.62. The van der Waals surface area contributed by atoms with Crippen molar-refractivity contribution in [3.63, 3.8) is 0 Å². The lowest BCUT2D eigenvalue weighted by Crippen LogP contribution is -2.38. The molecule has 96 valence electrons. The summed E-state index contributed by atoms with van der Waals surface area (Å²) >= 11 is 0. The van der Waals surface area contributed by atoms with Crippen molar-refractivity contribution in [3.05, 3.63) is 24.1 Å². The Morgan fingerprint density at radius 1 is 1.50 bits per heavy atom. The molecule has 1 aromatic heterocycles. The van der Waals surface area contributed by atoms with E-state index in [0.29, 0.717) is 0 Å². The molecule has 0 saturated heterocycles. The average molecular weight is 246 g/mol. The number of para-hydroxylation sites is 1. The Morgan fingerprint density at radius 2 is 2.33 bits per heavy atom. The average Bonchev–Trinajstić information content (AvgIpc) is 2.94. The summed E-state index contributed by atoms with van der Waals surface area (Å²) in [6.45, 7) is 2.14. The fraction of sp³-hybridized carbons (Fsp3) is 0.500. The van der Waals surface area contributed by atoms with E-state index in [1.54, 1.807) is 7.11 Å². The van der Waals surface area contributed by atoms with Crippen LogP contribution in [0.3, 0.4) is 0 Å². The minimum atomic E-state index is -0.149. The van der Waals surface area contributed by atoms with Crippen LogP contribution in [-0.2, 0) is 5.41 Å². The Kier molecular flexibility index (Phi) is 2.55. The van der Waals surface area contributed by atoms with Crippen LogP contribution in [0.25, 0.3) is 11.1 Å². The molecule has 18 heavy (non-hydrogen) atoms. The van der Waals surface area contributed by atoms with Gasteiger partial charge in [-0.1, -0.05) is 12.5 Å². The molecule has 0 aliphatic heterocycles. The monoisotopic (exact) mass is 246 g/mol. The van der Waals surface area contributed by atoms with Crippen LogP contribution in [-0.4, -0.2) is 18.1 Å². The maximum absolute atomic E-state index is 6.21. The van der Waals surface area contributed by atoms with E-state index in [9.17, 15) is 0 Å². The zero-order valence-corrected chi connectivity index (χ0v) is 10.8. The van der Waals surface area contributed by atoms with Gasteiger partial charge in [-0.2, -0.15) is 0 Å². The molecule has 2 atom stereocenters. The SMILES string of the molecule is COc1cccc2oc(C3(C)CCCC3N)nc12. The van der Waals surface area contributed by atoms with E-state index in [2.05, 4.69) is 11.9 Å². The van der Waals surface area contributed by atoms with E-state index in [4.69, 9.17) is 14.9 Å². The maximum Gasteiger partial charge on any atom is 0.203 e. The second-order valence-electron chi connectivity index (χ2n) is 5.24. The molecular weight excluding hydrogens is 228 g/mol. The summed E-state index contributed by atoms with van der Waals surface area (Å²) in [7, 11) is 1.64. The number of nitrogens with two attached hydrogens (primary N) is 1. The third kappa shape index (κ3) is 1.52. The van der Waals surface area contributed by atoms with Crippen LogP contribution < -0.4 is 10.5 Å². The molecule has 0 radical (unpaired) electrons. The van der Waals surface area contributed by atoms with Crippen LogP contribution >= 0.6 is 0 Å². The Labute approximate surface area is 106 Å². The van der Waals surface area contributed by atoms with E-state index >= 15 is 0 Å². The van der Waals surface area contributed by atoms with Crippen molar-refractivity contribution < 1.29 is 9.15 Å². The van der Waals surface area contributed by atoms with Crippen molar-refractivity contribution in [3.8, 4) is 5.75 Å². The first kappa shape index (κ1) is 11.5. The van der Waals surface area contributed by atoms with Gasteiger partial charge in [0.15, 0.2) is 11.1 Å². The molecule has 1 fully saturated rings. The summed E-state index contributed by atoms with van der Waals surface area (Å²) in [6, 6.07) is 5.84. The molecule has 2 aromatic rings. The highest BCUT2D eigenvalue weighted by Crippen LogP contribution is 2.41. The highest BCUT2D eigenvalue weighted by molar-refractivity contribution is 5.79. The second kappa shape index (κ2) is 3.99. The lowest BCUT2D eigenvalue weighted by atomic mass is 9.85. The lowest BCUT2D eigenvalue weighted by molar-refractivity contribution is 0.332. The Balaban J connectivity index is 2.14. The molecule has 4 nitrogen and oxygen atoms in total. The highest BCUT2D eigenvalue weighted by Gasteiger charge is 2.42. The number of methoxy groups -OCH3 is 1. The number of fused-ring (bicyclic) bond motifs is 1. The summed E-state index contributed by atoms with van der Waals surface area (Å²) < 4.78 is 11.2. The second-order valence-corrected chi connectivity index (χ2v) is 5.24. The largest absolute Gasteiger partial charge is 0.494 e. The zero-order valence-electron chi connectivity index (χ0n) is 10.8. The van der Waals surface area contributed by atoms with Gasteiger partial charge in [-0.15, -0.1) is 0 Å². The van der Waals surface area contributed by atoms with Crippen molar-refractivity contribution in [2.45, 2.75) is 37.6 Å². The highest BCUT2D eigenvalue weighted by atomic mass is 16.5. The number of rotatable bonds is 2. The molecule has 1 aromatic carbocycles. The molecule has 3 rings (SSSR count). The lowest BCUT2D eigenvalue weighted by Gasteiger charge is -2.24. The fourth-order valence-corrected chi connectivity index (χ4v) is 2.79. The minimum absolute atomic E-state index is 0.122. The van der Waals surface area contributed by atoms with E-state index in [0.717, 1.165) is 42.0 Å². The number of nitrogens with zero attached hydrogens (tertiary/aromatic N) is 1. The number of hydrogen-bond donors (Lipinski definition) is 1. The number of aromatic nitrogens is 1. The van der Waals surface area contributed by atoms with Crippen molar-refractivity contribution in [2.75, 3.05) is 7.11 Å². The van der Waals surface area contributed by atoms with Crippen molar-refractivity contribution >= 4 is 11.1 Å². The predicted octanol–water partition coefficient (Wildman–Crippen LogP) is 2.61. The normalized spacial score (nSPS) is 27.8.